The van der Waals surface area contributed by atoms with Gasteiger partial charge in [-0.1, -0.05) is 35.6 Å². The minimum atomic E-state index is -0.145. The lowest BCUT2D eigenvalue weighted by molar-refractivity contribution is 0.102. The average Bonchev–Trinajstić information content (AvgIpc) is 2.90. The maximum absolute atomic E-state index is 12.3. The van der Waals surface area contributed by atoms with Gasteiger partial charge in [-0.25, -0.2) is 4.98 Å². The van der Waals surface area contributed by atoms with Crippen LogP contribution in [-0.2, 0) is 6.42 Å². The van der Waals surface area contributed by atoms with Crippen molar-refractivity contribution < 1.29 is 4.79 Å². The Morgan fingerprint density at radius 2 is 2.05 bits per heavy atom. The van der Waals surface area contributed by atoms with Crippen LogP contribution in [0.2, 0.25) is 0 Å². The molecular weight excluding hydrogens is 282 g/mol. The molecule has 5 heteroatoms. The molecule has 1 aromatic heterocycles. The van der Waals surface area contributed by atoms with Gasteiger partial charge in [0, 0.05) is 5.56 Å². The summed E-state index contributed by atoms with van der Waals surface area (Å²) in [7, 11) is 0. The predicted octanol–water partition coefficient (Wildman–Crippen LogP) is 3.05. The number of aromatic nitrogens is 1. The molecule has 1 amide bonds. The molecule has 0 atom stereocenters. The molecule has 4 nitrogen and oxygen atoms in total. The third-order valence-corrected chi connectivity index (χ3v) is 4.09. The summed E-state index contributed by atoms with van der Waals surface area (Å²) >= 11 is 1.47. The summed E-state index contributed by atoms with van der Waals surface area (Å²) in [5, 5.41) is 3.47. The molecule has 2 aromatic carbocycles. The van der Waals surface area contributed by atoms with Gasteiger partial charge in [-0.2, -0.15) is 0 Å². The molecule has 3 N–H and O–H groups in total. The molecule has 0 aliphatic carbocycles. The number of para-hydroxylation sites is 1. The Kier molecular flexibility index (Phi) is 3.94. The van der Waals surface area contributed by atoms with Gasteiger partial charge in [0.1, 0.15) is 0 Å². The third-order valence-electron chi connectivity index (χ3n) is 3.14. The van der Waals surface area contributed by atoms with Gasteiger partial charge in [0.25, 0.3) is 5.91 Å². The number of rotatable bonds is 4. The number of nitrogens with one attached hydrogen (secondary N) is 1. The highest BCUT2D eigenvalue weighted by molar-refractivity contribution is 7.22. The summed E-state index contributed by atoms with van der Waals surface area (Å²) in [5.41, 5.74) is 8.13. The molecule has 0 spiro atoms. The summed E-state index contributed by atoms with van der Waals surface area (Å²) in [6, 6.07) is 15.3. The zero-order valence-electron chi connectivity index (χ0n) is 11.4. The molecular formula is C16H15N3OS. The Hall–Kier alpha value is -2.24. The standard InChI is InChI=1S/C16H15N3OS/c17-9-8-11-4-3-5-12(10-11)15(20)19-16-18-13-6-1-2-7-14(13)21-16/h1-7,10H,8-9,17H2,(H,18,19,20). The molecule has 3 rings (SSSR count). The van der Waals surface area contributed by atoms with E-state index in [4.69, 9.17) is 5.73 Å². The molecule has 21 heavy (non-hydrogen) atoms. The lowest BCUT2D eigenvalue weighted by Crippen LogP contribution is -2.12. The molecule has 106 valence electrons. The average molecular weight is 297 g/mol. The summed E-state index contributed by atoms with van der Waals surface area (Å²) in [6.07, 6.45) is 0.766. The zero-order valence-corrected chi connectivity index (χ0v) is 12.2. The van der Waals surface area contributed by atoms with E-state index in [0.29, 0.717) is 17.2 Å². The number of carbonyl (C=O) groups is 1. The molecule has 0 unspecified atom stereocenters. The van der Waals surface area contributed by atoms with E-state index >= 15 is 0 Å². The van der Waals surface area contributed by atoms with Gasteiger partial charge in [0.15, 0.2) is 5.13 Å². The molecule has 0 saturated heterocycles. The van der Waals surface area contributed by atoms with Gasteiger partial charge < -0.3 is 5.73 Å². The van der Waals surface area contributed by atoms with Gasteiger partial charge in [-0.05, 0) is 42.8 Å². The summed E-state index contributed by atoms with van der Waals surface area (Å²) < 4.78 is 1.06. The van der Waals surface area contributed by atoms with Crippen LogP contribution in [0.1, 0.15) is 15.9 Å². The van der Waals surface area contributed by atoms with Crippen molar-refractivity contribution in [2.24, 2.45) is 5.73 Å². The molecule has 1 heterocycles. The fraction of sp³-hybridized carbons (Fsp3) is 0.125. The largest absolute Gasteiger partial charge is 0.330 e. The van der Waals surface area contributed by atoms with Crippen LogP contribution in [0.4, 0.5) is 5.13 Å². The van der Waals surface area contributed by atoms with Crippen LogP contribution >= 0.6 is 11.3 Å². The molecule has 0 aliphatic rings. The smallest absolute Gasteiger partial charge is 0.257 e. The predicted molar refractivity (Wildman–Crippen MR) is 86.8 cm³/mol. The monoisotopic (exact) mass is 297 g/mol. The highest BCUT2D eigenvalue weighted by atomic mass is 32.1. The second-order valence-electron chi connectivity index (χ2n) is 4.68. The molecule has 0 saturated carbocycles. The van der Waals surface area contributed by atoms with Crippen LogP contribution in [-0.4, -0.2) is 17.4 Å². The quantitative estimate of drug-likeness (QED) is 0.777. The van der Waals surface area contributed by atoms with Gasteiger partial charge in [-0.15, -0.1) is 0 Å². The molecule has 0 fully saturated rings. The van der Waals surface area contributed by atoms with Crippen LogP contribution in [0.15, 0.2) is 48.5 Å². The minimum Gasteiger partial charge on any atom is -0.330 e. The highest BCUT2D eigenvalue weighted by Crippen LogP contribution is 2.25. The van der Waals surface area contributed by atoms with Gasteiger partial charge >= 0.3 is 0 Å². The number of hydrogen-bond acceptors (Lipinski definition) is 4. The van der Waals surface area contributed by atoms with Crippen molar-refractivity contribution in [3.8, 4) is 0 Å². The fourth-order valence-corrected chi connectivity index (χ4v) is 2.99. The van der Waals surface area contributed by atoms with Crippen LogP contribution in [0.5, 0.6) is 0 Å². The normalized spacial score (nSPS) is 10.7. The highest BCUT2D eigenvalue weighted by Gasteiger charge is 2.10. The number of amides is 1. The first-order valence-electron chi connectivity index (χ1n) is 6.72. The summed E-state index contributed by atoms with van der Waals surface area (Å²) in [6.45, 7) is 0.572. The first kappa shape index (κ1) is 13.7. The van der Waals surface area contributed by atoms with Gasteiger partial charge in [0.2, 0.25) is 0 Å². The first-order valence-corrected chi connectivity index (χ1v) is 7.54. The van der Waals surface area contributed by atoms with E-state index in [1.165, 1.54) is 11.3 Å². The van der Waals surface area contributed by atoms with Crippen molar-refractivity contribution in [3.05, 3.63) is 59.7 Å². The van der Waals surface area contributed by atoms with E-state index in [0.717, 1.165) is 22.2 Å². The lowest BCUT2D eigenvalue weighted by atomic mass is 10.1. The number of anilines is 1. The summed E-state index contributed by atoms with van der Waals surface area (Å²) in [5.74, 6) is -0.145. The van der Waals surface area contributed by atoms with E-state index < -0.39 is 0 Å². The summed E-state index contributed by atoms with van der Waals surface area (Å²) in [4.78, 5) is 16.7. The number of benzene rings is 2. The van der Waals surface area contributed by atoms with Crippen molar-refractivity contribution in [3.63, 3.8) is 0 Å². The molecule has 3 aromatic rings. The van der Waals surface area contributed by atoms with E-state index in [-0.39, 0.29) is 5.91 Å². The first-order chi connectivity index (χ1) is 10.3. The van der Waals surface area contributed by atoms with E-state index in [1.807, 2.05) is 42.5 Å². The maximum Gasteiger partial charge on any atom is 0.257 e. The lowest BCUT2D eigenvalue weighted by Gasteiger charge is -2.04. The Labute approximate surface area is 126 Å². The third kappa shape index (κ3) is 3.09. The van der Waals surface area contributed by atoms with Crippen LogP contribution in [0.25, 0.3) is 10.2 Å². The Bertz CT molecular complexity index is 749. The Morgan fingerprint density at radius 3 is 2.86 bits per heavy atom. The van der Waals surface area contributed by atoms with Crippen molar-refractivity contribution in [1.82, 2.24) is 4.98 Å². The fourth-order valence-electron chi connectivity index (χ4n) is 2.13. The number of carbonyl (C=O) groups excluding carboxylic acids is 1. The van der Waals surface area contributed by atoms with Crippen molar-refractivity contribution >= 4 is 32.6 Å². The van der Waals surface area contributed by atoms with Crippen molar-refractivity contribution in [2.45, 2.75) is 6.42 Å². The number of fused-ring (bicyclic) bond motifs is 1. The number of thiazole rings is 1. The topological polar surface area (TPSA) is 68.0 Å². The van der Waals surface area contributed by atoms with E-state index in [2.05, 4.69) is 10.3 Å². The van der Waals surface area contributed by atoms with Crippen LogP contribution in [0, 0.1) is 0 Å². The van der Waals surface area contributed by atoms with Crippen LogP contribution < -0.4 is 11.1 Å². The Balaban J connectivity index is 1.80. The zero-order chi connectivity index (χ0) is 14.7. The number of nitrogens with zero attached hydrogens (tertiary/aromatic N) is 1. The Morgan fingerprint density at radius 1 is 1.19 bits per heavy atom. The minimum absolute atomic E-state index is 0.145. The van der Waals surface area contributed by atoms with Crippen molar-refractivity contribution in [1.29, 1.82) is 0 Å². The maximum atomic E-state index is 12.3. The van der Waals surface area contributed by atoms with Gasteiger partial charge in [-0.3, -0.25) is 10.1 Å². The molecule has 0 bridgehead atoms. The van der Waals surface area contributed by atoms with E-state index in [1.54, 1.807) is 6.07 Å². The number of hydrogen-bond donors (Lipinski definition) is 2. The van der Waals surface area contributed by atoms with Crippen LogP contribution in [0.3, 0.4) is 0 Å². The second kappa shape index (κ2) is 6.03. The van der Waals surface area contributed by atoms with Crippen molar-refractivity contribution in [2.75, 3.05) is 11.9 Å². The second-order valence-corrected chi connectivity index (χ2v) is 5.71. The molecule has 0 radical (unpaired) electrons. The van der Waals surface area contributed by atoms with Gasteiger partial charge in [0.05, 0.1) is 10.2 Å². The van der Waals surface area contributed by atoms with E-state index in [9.17, 15) is 4.79 Å². The SMILES string of the molecule is NCCc1cccc(C(=O)Nc2nc3ccccc3s2)c1. The molecule has 0 aliphatic heterocycles. The number of nitrogens with two attached hydrogens (primary N) is 1.